The Balaban J connectivity index is 2.90. The molecule has 0 aliphatic heterocycles. The summed E-state index contributed by atoms with van der Waals surface area (Å²) >= 11 is 0. The van der Waals surface area contributed by atoms with Crippen LogP contribution in [0.25, 0.3) is 0 Å². The highest BCUT2D eigenvalue weighted by Gasteiger charge is 2.15. The molecule has 1 unspecified atom stereocenters. The van der Waals surface area contributed by atoms with Gasteiger partial charge >= 0.3 is 5.97 Å². The van der Waals surface area contributed by atoms with Gasteiger partial charge in [0.15, 0.2) is 0 Å². The van der Waals surface area contributed by atoms with Gasteiger partial charge in [-0.05, 0) is 38.4 Å². The Kier molecular flexibility index (Phi) is 7.04. The van der Waals surface area contributed by atoms with E-state index in [-0.39, 0.29) is 12.0 Å². The molecular weight excluding hydrogens is 256 g/mol. The van der Waals surface area contributed by atoms with Crippen molar-refractivity contribution in [1.29, 1.82) is 0 Å². The lowest BCUT2D eigenvalue weighted by atomic mass is 10.1. The summed E-state index contributed by atoms with van der Waals surface area (Å²) in [5.74, 6) is -0.341. The fourth-order valence-electron chi connectivity index (χ4n) is 2.05. The van der Waals surface area contributed by atoms with Crippen molar-refractivity contribution in [2.45, 2.75) is 25.8 Å². The Morgan fingerprint density at radius 1 is 1.40 bits per heavy atom. The van der Waals surface area contributed by atoms with Crippen molar-refractivity contribution in [1.82, 2.24) is 0 Å². The number of rotatable bonds is 8. The van der Waals surface area contributed by atoms with E-state index >= 15 is 0 Å². The summed E-state index contributed by atoms with van der Waals surface area (Å²) in [4.78, 5) is 11.8. The number of carbonyl (C=O) groups excluding carboxylic acids is 1. The van der Waals surface area contributed by atoms with Crippen LogP contribution in [0.1, 0.15) is 28.8 Å². The highest BCUT2D eigenvalue weighted by Crippen LogP contribution is 2.20. The first-order chi connectivity index (χ1) is 9.62. The molecule has 0 radical (unpaired) electrons. The third-order valence-corrected chi connectivity index (χ3v) is 3.06. The van der Waals surface area contributed by atoms with E-state index in [4.69, 9.17) is 15.2 Å². The molecule has 0 bridgehead atoms. The van der Waals surface area contributed by atoms with Crippen molar-refractivity contribution < 1.29 is 14.3 Å². The molecule has 112 valence electrons. The van der Waals surface area contributed by atoms with Crippen molar-refractivity contribution in [3.63, 3.8) is 0 Å². The van der Waals surface area contributed by atoms with Crippen molar-refractivity contribution in [2.24, 2.45) is 5.73 Å². The van der Waals surface area contributed by atoms with Gasteiger partial charge in [0, 0.05) is 18.8 Å². The molecule has 0 aliphatic rings. The van der Waals surface area contributed by atoms with Gasteiger partial charge in [0.1, 0.15) is 0 Å². The summed E-state index contributed by atoms with van der Waals surface area (Å²) in [5.41, 5.74) is 7.87. The number of methoxy groups -OCH3 is 2. The SMILES string of the molecule is COCC(CCCN)Nc1ccc(C)cc1C(=O)OC. The number of aryl methyl sites for hydroxylation is 1. The van der Waals surface area contributed by atoms with Crippen LogP contribution < -0.4 is 11.1 Å². The monoisotopic (exact) mass is 280 g/mol. The van der Waals surface area contributed by atoms with E-state index in [9.17, 15) is 4.79 Å². The van der Waals surface area contributed by atoms with Gasteiger partial charge in [0.2, 0.25) is 0 Å². The molecule has 0 fully saturated rings. The lowest BCUT2D eigenvalue weighted by molar-refractivity contribution is 0.0601. The van der Waals surface area contributed by atoms with Gasteiger partial charge < -0.3 is 20.5 Å². The molecule has 5 heteroatoms. The van der Waals surface area contributed by atoms with Crippen LogP contribution >= 0.6 is 0 Å². The van der Waals surface area contributed by atoms with Crippen LogP contribution in [0, 0.1) is 6.92 Å². The summed E-state index contributed by atoms with van der Waals surface area (Å²) in [6.45, 7) is 3.14. The summed E-state index contributed by atoms with van der Waals surface area (Å²) in [7, 11) is 3.04. The normalized spacial score (nSPS) is 12.0. The molecule has 0 amide bonds. The standard InChI is InChI=1S/C15H24N2O3/c1-11-6-7-14(13(9-11)15(18)20-3)17-12(10-19-2)5-4-8-16/h6-7,9,12,17H,4-5,8,10,16H2,1-3H3. The van der Waals surface area contributed by atoms with Crippen molar-refractivity contribution in [3.8, 4) is 0 Å². The van der Waals surface area contributed by atoms with Crippen LogP contribution in [-0.2, 0) is 9.47 Å². The minimum atomic E-state index is -0.341. The minimum Gasteiger partial charge on any atom is -0.465 e. The summed E-state index contributed by atoms with van der Waals surface area (Å²) < 4.78 is 10.0. The van der Waals surface area contributed by atoms with Gasteiger partial charge in [-0.2, -0.15) is 0 Å². The van der Waals surface area contributed by atoms with Gasteiger partial charge in [-0.3, -0.25) is 0 Å². The van der Waals surface area contributed by atoms with E-state index in [2.05, 4.69) is 5.32 Å². The molecule has 1 atom stereocenters. The zero-order valence-corrected chi connectivity index (χ0v) is 12.4. The molecule has 0 heterocycles. The smallest absolute Gasteiger partial charge is 0.339 e. The lowest BCUT2D eigenvalue weighted by Gasteiger charge is -2.20. The zero-order valence-electron chi connectivity index (χ0n) is 12.4. The molecule has 20 heavy (non-hydrogen) atoms. The van der Waals surface area contributed by atoms with E-state index in [0.717, 1.165) is 24.1 Å². The third-order valence-electron chi connectivity index (χ3n) is 3.06. The maximum atomic E-state index is 11.8. The topological polar surface area (TPSA) is 73.6 Å². The second-order valence-corrected chi connectivity index (χ2v) is 4.77. The fraction of sp³-hybridized carbons (Fsp3) is 0.533. The van der Waals surface area contributed by atoms with Gasteiger partial charge in [-0.1, -0.05) is 11.6 Å². The largest absolute Gasteiger partial charge is 0.465 e. The molecule has 3 N–H and O–H groups in total. The number of hydrogen-bond donors (Lipinski definition) is 2. The number of hydrogen-bond acceptors (Lipinski definition) is 5. The molecule has 0 spiro atoms. The number of benzene rings is 1. The average molecular weight is 280 g/mol. The van der Waals surface area contributed by atoms with E-state index in [1.165, 1.54) is 7.11 Å². The Morgan fingerprint density at radius 2 is 2.15 bits per heavy atom. The molecule has 0 aliphatic carbocycles. The molecule has 1 rings (SSSR count). The number of nitrogens with two attached hydrogens (primary N) is 1. The van der Waals surface area contributed by atoms with E-state index in [1.54, 1.807) is 7.11 Å². The number of ether oxygens (including phenoxy) is 2. The number of anilines is 1. The van der Waals surface area contributed by atoms with Gasteiger partial charge in [0.25, 0.3) is 0 Å². The molecule has 1 aromatic carbocycles. The predicted molar refractivity (Wildman–Crippen MR) is 80.1 cm³/mol. The Bertz CT molecular complexity index is 435. The Hall–Kier alpha value is -1.59. The highest BCUT2D eigenvalue weighted by molar-refractivity contribution is 5.95. The van der Waals surface area contributed by atoms with Crippen LogP contribution in [0.4, 0.5) is 5.69 Å². The minimum absolute atomic E-state index is 0.120. The molecule has 5 nitrogen and oxygen atoms in total. The molecule has 0 saturated carbocycles. The van der Waals surface area contributed by atoms with E-state index in [1.807, 2.05) is 25.1 Å². The summed E-state index contributed by atoms with van der Waals surface area (Å²) in [6, 6.07) is 5.80. The molecule has 0 aromatic heterocycles. The highest BCUT2D eigenvalue weighted by atomic mass is 16.5. The van der Waals surface area contributed by atoms with Crippen molar-refractivity contribution >= 4 is 11.7 Å². The maximum Gasteiger partial charge on any atom is 0.339 e. The average Bonchev–Trinajstić information content (AvgIpc) is 2.45. The van der Waals surface area contributed by atoms with Crippen LogP contribution in [0.5, 0.6) is 0 Å². The maximum absolute atomic E-state index is 11.8. The number of nitrogens with one attached hydrogen (secondary N) is 1. The second kappa shape index (κ2) is 8.55. The Morgan fingerprint density at radius 3 is 2.75 bits per heavy atom. The fourth-order valence-corrected chi connectivity index (χ4v) is 2.05. The first kappa shape index (κ1) is 16.5. The van der Waals surface area contributed by atoms with Crippen LogP contribution in [0.3, 0.4) is 0 Å². The van der Waals surface area contributed by atoms with Crippen LogP contribution in [0.15, 0.2) is 18.2 Å². The summed E-state index contributed by atoms with van der Waals surface area (Å²) in [5, 5.41) is 3.34. The van der Waals surface area contributed by atoms with Crippen molar-refractivity contribution in [2.75, 3.05) is 32.7 Å². The molecule has 0 saturated heterocycles. The molecular formula is C15H24N2O3. The third kappa shape index (κ3) is 4.83. The Labute approximate surface area is 120 Å². The van der Waals surface area contributed by atoms with Crippen molar-refractivity contribution in [3.05, 3.63) is 29.3 Å². The number of esters is 1. The molecule has 1 aromatic rings. The van der Waals surface area contributed by atoms with Crippen LogP contribution in [0.2, 0.25) is 0 Å². The first-order valence-electron chi connectivity index (χ1n) is 6.76. The van der Waals surface area contributed by atoms with Gasteiger partial charge in [-0.15, -0.1) is 0 Å². The van der Waals surface area contributed by atoms with Gasteiger partial charge in [0.05, 0.1) is 19.3 Å². The first-order valence-corrected chi connectivity index (χ1v) is 6.76. The van der Waals surface area contributed by atoms with Crippen LogP contribution in [-0.4, -0.2) is 39.4 Å². The van der Waals surface area contributed by atoms with E-state index < -0.39 is 0 Å². The zero-order chi connectivity index (χ0) is 15.0. The van der Waals surface area contributed by atoms with Gasteiger partial charge in [-0.25, -0.2) is 4.79 Å². The predicted octanol–water partition coefficient (Wildman–Crippen LogP) is 1.95. The second-order valence-electron chi connectivity index (χ2n) is 4.77. The number of carbonyl (C=O) groups is 1. The quantitative estimate of drug-likeness (QED) is 0.712. The summed E-state index contributed by atoms with van der Waals surface area (Å²) in [6.07, 6.45) is 1.79. The lowest BCUT2D eigenvalue weighted by Crippen LogP contribution is -2.27. The van der Waals surface area contributed by atoms with E-state index in [0.29, 0.717) is 18.7 Å².